The average molecular weight is 345 g/mol. The topological polar surface area (TPSA) is 107 Å². The fourth-order valence-corrected chi connectivity index (χ4v) is 3.10. The molecular weight excluding hydrogens is 322 g/mol. The molecular formula is C17H23N5O3. The van der Waals surface area contributed by atoms with Crippen LogP contribution in [0.25, 0.3) is 0 Å². The zero-order valence-corrected chi connectivity index (χ0v) is 14.4. The van der Waals surface area contributed by atoms with Crippen molar-refractivity contribution in [2.45, 2.75) is 18.9 Å². The number of likely N-dealkylation sites (N-methyl/N-ethyl adjacent to an activating group) is 1. The highest BCUT2D eigenvalue weighted by Gasteiger charge is 2.36. The van der Waals surface area contributed by atoms with Gasteiger partial charge in [0, 0.05) is 18.9 Å². The third kappa shape index (κ3) is 3.90. The van der Waals surface area contributed by atoms with E-state index in [2.05, 4.69) is 15.0 Å². The Bertz CT molecular complexity index is 741. The van der Waals surface area contributed by atoms with E-state index >= 15 is 0 Å². The molecule has 1 aromatic carbocycles. The van der Waals surface area contributed by atoms with Gasteiger partial charge in [-0.05, 0) is 31.8 Å². The molecule has 3 rings (SSSR count). The van der Waals surface area contributed by atoms with Crippen LogP contribution in [0.5, 0.6) is 5.75 Å². The van der Waals surface area contributed by atoms with Gasteiger partial charge in [-0.15, -0.1) is 5.10 Å². The summed E-state index contributed by atoms with van der Waals surface area (Å²) in [5.74, 6) is 0.0378. The number of aromatic nitrogens is 3. The van der Waals surface area contributed by atoms with Crippen LogP contribution in [0, 0.1) is 5.92 Å². The Kier molecular flexibility index (Phi) is 4.89. The molecule has 0 saturated heterocycles. The van der Waals surface area contributed by atoms with Crippen molar-refractivity contribution in [2.24, 2.45) is 5.92 Å². The first-order chi connectivity index (χ1) is 11.9. The minimum Gasteiger partial charge on any atom is -0.492 e. The first kappa shape index (κ1) is 17.2. The largest absolute Gasteiger partial charge is 0.492 e. The standard InChI is InChI=1S/C17H23N5O3/c1-21(2)7-8-25-12-5-3-11(4-6-12)14-10-22-15(19-17(18)20-22)9-13(14)16(23)24/h3-6,13-14H,7-10H2,1-2H3,(H2,18,20)(H,23,24). The number of carbonyl (C=O) groups is 1. The molecule has 2 atom stereocenters. The van der Waals surface area contributed by atoms with Gasteiger partial charge in [-0.1, -0.05) is 12.1 Å². The molecule has 0 bridgehead atoms. The number of carboxylic acids is 1. The summed E-state index contributed by atoms with van der Waals surface area (Å²) >= 11 is 0. The molecule has 2 unspecified atom stereocenters. The number of anilines is 1. The lowest BCUT2D eigenvalue weighted by atomic mass is 9.81. The van der Waals surface area contributed by atoms with Gasteiger partial charge in [-0.3, -0.25) is 4.79 Å². The molecule has 8 heteroatoms. The van der Waals surface area contributed by atoms with E-state index in [0.717, 1.165) is 17.9 Å². The fourth-order valence-electron chi connectivity index (χ4n) is 3.10. The Morgan fingerprint density at radius 1 is 1.40 bits per heavy atom. The van der Waals surface area contributed by atoms with Crippen LogP contribution in [0.3, 0.4) is 0 Å². The lowest BCUT2D eigenvalue weighted by Crippen LogP contribution is -2.33. The van der Waals surface area contributed by atoms with E-state index in [1.165, 1.54) is 0 Å². The molecule has 2 heterocycles. The molecule has 0 amide bonds. The normalized spacial score (nSPS) is 19.6. The number of rotatable bonds is 6. The van der Waals surface area contributed by atoms with Crippen LogP contribution in [0.1, 0.15) is 17.3 Å². The third-order valence-electron chi connectivity index (χ3n) is 4.46. The van der Waals surface area contributed by atoms with E-state index in [4.69, 9.17) is 10.5 Å². The highest BCUT2D eigenvalue weighted by Crippen LogP contribution is 2.34. The molecule has 2 aromatic rings. The van der Waals surface area contributed by atoms with E-state index in [9.17, 15) is 9.90 Å². The molecule has 0 aliphatic carbocycles. The molecule has 0 saturated carbocycles. The van der Waals surface area contributed by atoms with Crippen molar-refractivity contribution in [3.8, 4) is 5.75 Å². The molecule has 0 fully saturated rings. The smallest absolute Gasteiger partial charge is 0.307 e. The van der Waals surface area contributed by atoms with E-state index in [0.29, 0.717) is 25.4 Å². The van der Waals surface area contributed by atoms with Crippen LogP contribution < -0.4 is 10.5 Å². The monoisotopic (exact) mass is 345 g/mol. The van der Waals surface area contributed by atoms with Crippen LogP contribution >= 0.6 is 0 Å². The fraction of sp³-hybridized carbons (Fsp3) is 0.471. The highest BCUT2D eigenvalue weighted by molar-refractivity contribution is 5.72. The zero-order chi connectivity index (χ0) is 18.0. The van der Waals surface area contributed by atoms with Crippen molar-refractivity contribution < 1.29 is 14.6 Å². The van der Waals surface area contributed by atoms with Gasteiger partial charge in [-0.2, -0.15) is 4.98 Å². The van der Waals surface area contributed by atoms with E-state index in [1.807, 2.05) is 38.4 Å². The maximum atomic E-state index is 11.7. The van der Waals surface area contributed by atoms with Gasteiger partial charge in [0.15, 0.2) is 0 Å². The van der Waals surface area contributed by atoms with Gasteiger partial charge < -0.3 is 20.5 Å². The molecule has 3 N–H and O–H groups in total. The summed E-state index contributed by atoms with van der Waals surface area (Å²) < 4.78 is 7.40. The van der Waals surface area contributed by atoms with Gasteiger partial charge in [-0.25, -0.2) is 4.68 Å². The van der Waals surface area contributed by atoms with Crippen molar-refractivity contribution in [3.05, 3.63) is 35.7 Å². The summed E-state index contributed by atoms with van der Waals surface area (Å²) in [5.41, 5.74) is 6.59. The number of carboxylic acid groups (broad SMARTS) is 1. The lowest BCUT2D eigenvalue weighted by molar-refractivity contribution is -0.143. The van der Waals surface area contributed by atoms with E-state index in [1.54, 1.807) is 4.68 Å². The van der Waals surface area contributed by atoms with Gasteiger partial charge in [0.2, 0.25) is 5.95 Å². The number of nitrogens with zero attached hydrogens (tertiary/aromatic N) is 4. The summed E-state index contributed by atoms with van der Waals surface area (Å²) in [6, 6.07) is 7.62. The number of benzene rings is 1. The number of nitrogen functional groups attached to an aromatic ring is 1. The van der Waals surface area contributed by atoms with Crippen LogP contribution in [-0.2, 0) is 17.8 Å². The Morgan fingerprint density at radius 3 is 2.76 bits per heavy atom. The number of nitrogens with two attached hydrogens (primary N) is 1. The quantitative estimate of drug-likeness (QED) is 0.799. The van der Waals surface area contributed by atoms with Crippen molar-refractivity contribution in [1.29, 1.82) is 0 Å². The molecule has 1 aliphatic heterocycles. The summed E-state index contributed by atoms with van der Waals surface area (Å²) in [6.07, 6.45) is 0.325. The van der Waals surface area contributed by atoms with Crippen LogP contribution in [0.2, 0.25) is 0 Å². The molecule has 0 radical (unpaired) electrons. The average Bonchev–Trinajstić information content (AvgIpc) is 2.93. The molecule has 1 aromatic heterocycles. The molecule has 1 aliphatic rings. The minimum atomic E-state index is -0.830. The predicted molar refractivity (Wildman–Crippen MR) is 92.5 cm³/mol. The number of hydrogen-bond acceptors (Lipinski definition) is 6. The molecule has 8 nitrogen and oxygen atoms in total. The Hall–Kier alpha value is -2.61. The second-order valence-electron chi connectivity index (χ2n) is 6.54. The molecule has 134 valence electrons. The SMILES string of the molecule is CN(C)CCOc1ccc(C2Cn3nc(N)nc3CC2C(=O)O)cc1. The number of fused-ring (bicyclic) bond motifs is 1. The summed E-state index contributed by atoms with van der Waals surface area (Å²) in [5, 5.41) is 13.8. The Morgan fingerprint density at radius 2 is 2.12 bits per heavy atom. The van der Waals surface area contributed by atoms with Gasteiger partial charge in [0.1, 0.15) is 18.2 Å². The van der Waals surface area contributed by atoms with Gasteiger partial charge >= 0.3 is 5.97 Å². The van der Waals surface area contributed by atoms with Crippen LogP contribution in [0.4, 0.5) is 5.95 Å². The van der Waals surface area contributed by atoms with E-state index in [-0.39, 0.29) is 11.9 Å². The highest BCUT2D eigenvalue weighted by atomic mass is 16.5. The van der Waals surface area contributed by atoms with Gasteiger partial charge in [0.25, 0.3) is 0 Å². The zero-order valence-electron chi connectivity index (χ0n) is 14.4. The Labute approximate surface area is 146 Å². The van der Waals surface area contributed by atoms with Crippen LogP contribution in [-0.4, -0.2) is 58.0 Å². The van der Waals surface area contributed by atoms with Crippen LogP contribution in [0.15, 0.2) is 24.3 Å². The maximum Gasteiger partial charge on any atom is 0.307 e. The summed E-state index contributed by atoms with van der Waals surface area (Å²) in [7, 11) is 3.99. The number of aliphatic carboxylic acids is 1. The summed E-state index contributed by atoms with van der Waals surface area (Å²) in [4.78, 5) is 17.9. The predicted octanol–water partition coefficient (Wildman–Crippen LogP) is 0.841. The summed E-state index contributed by atoms with van der Waals surface area (Å²) in [6.45, 7) is 1.90. The van der Waals surface area contributed by atoms with Crippen molar-refractivity contribution in [1.82, 2.24) is 19.7 Å². The maximum absolute atomic E-state index is 11.7. The second kappa shape index (κ2) is 7.10. The molecule has 25 heavy (non-hydrogen) atoms. The number of ether oxygens (including phenoxy) is 1. The first-order valence-electron chi connectivity index (χ1n) is 8.23. The van der Waals surface area contributed by atoms with Crippen molar-refractivity contribution in [2.75, 3.05) is 33.0 Å². The Balaban J connectivity index is 1.76. The van der Waals surface area contributed by atoms with E-state index < -0.39 is 11.9 Å². The minimum absolute atomic E-state index is 0.179. The second-order valence-corrected chi connectivity index (χ2v) is 6.54. The van der Waals surface area contributed by atoms with Gasteiger partial charge in [0.05, 0.1) is 12.5 Å². The van der Waals surface area contributed by atoms with Crippen molar-refractivity contribution >= 4 is 11.9 Å². The van der Waals surface area contributed by atoms with Crippen molar-refractivity contribution in [3.63, 3.8) is 0 Å². The first-order valence-corrected chi connectivity index (χ1v) is 8.23. The number of hydrogen-bond donors (Lipinski definition) is 2. The lowest BCUT2D eigenvalue weighted by Gasteiger charge is -2.29. The third-order valence-corrected chi connectivity index (χ3v) is 4.46. The molecule has 0 spiro atoms.